The van der Waals surface area contributed by atoms with Gasteiger partial charge in [-0.1, -0.05) is 33.6 Å². The quantitative estimate of drug-likeness (QED) is 0.866. The molecule has 0 aliphatic heterocycles. The van der Waals surface area contributed by atoms with Crippen molar-refractivity contribution in [1.29, 1.82) is 0 Å². The predicted octanol–water partition coefficient (Wildman–Crippen LogP) is 3.91. The highest BCUT2D eigenvalue weighted by Gasteiger charge is 2.12. The third kappa shape index (κ3) is 3.28. The highest BCUT2D eigenvalue weighted by atomic mass is 79.9. The maximum Gasteiger partial charge on any atom is 0.129 e. The van der Waals surface area contributed by atoms with E-state index in [-0.39, 0.29) is 12.2 Å². The molecule has 2 aromatic rings. The summed E-state index contributed by atoms with van der Waals surface area (Å²) in [5.74, 6) is -0.334. The predicted molar refractivity (Wildman–Crippen MR) is 72.0 cm³/mol. The molecule has 0 fully saturated rings. The van der Waals surface area contributed by atoms with Gasteiger partial charge in [-0.3, -0.25) is 0 Å². The smallest absolute Gasteiger partial charge is 0.129 e. The lowest BCUT2D eigenvalue weighted by Crippen LogP contribution is -2.04. The second-order valence-electron chi connectivity index (χ2n) is 3.87. The first-order valence-corrected chi connectivity index (χ1v) is 6.47. The minimum absolute atomic E-state index is 0.189. The van der Waals surface area contributed by atoms with Crippen molar-refractivity contribution < 1.29 is 9.50 Å². The lowest BCUT2D eigenvalue weighted by Gasteiger charge is -2.11. The summed E-state index contributed by atoms with van der Waals surface area (Å²) in [6.45, 7) is 0. The Morgan fingerprint density at radius 3 is 2.78 bits per heavy atom. The Labute approximate surface area is 118 Å². The van der Waals surface area contributed by atoms with Crippen LogP contribution in [0.4, 0.5) is 4.39 Å². The highest BCUT2D eigenvalue weighted by Crippen LogP contribution is 2.23. The zero-order valence-electron chi connectivity index (χ0n) is 9.28. The summed E-state index contributed by atoms with van der Waals surface area (Å²) in [5.41, 5.74) is 1.06. The molecule has 0 spiro atoms. The molecular weight excluding hydrogens is 321 g/mol. The van der Waals surface area contributed by atoms with Gasteiger partial charge in [0.25, 0.3) is 0 Å². The summed E-state index contributed by atoms with van der Waals surface area (Å²) in [5, 5.41) is 10.4. The van der Waals surface area contributed by atoms with Crippen LogP contribution < -0.4 is 0 Å². The Hall–Kier alpha value is -0.970. The standard InChI is InChI=1S/C13H10BrClFNO/c14-10-2-3-11(16)9(5-10)6-12(18)8-1-4-13(15)17-7-8/h1-5,7,12,18H,6H2. The van der Waals surface area contributed by atoms with Crippen molar-refractivity contribution in [3.8, 4) is 0 Å². The van der Waals surface area contributed by atoms with Gasteiger partial charge in [0.15, 0.2) is 0 Å². The van der Waals surface area contributed by atoms with Crippen molar-refractivity contribution in [1.82, 2.24) is 4.98 Å². The number of pyridine rings is 1. The monoisotopic (exact) mass is 329 g/mol. The number of rotatable bonds is 3. The molecule has 0 amide bonds. The first kappa shape index (κ1) is 13.5. The Kier molecular flexibility index (Phi) is 4.32. The van der Waals surface area contributed by atoms with Crippen LogP contribution in [0.25, 0.3) is 0 Å². The average Bonchev–Trinajstić information content (AvgIpc) is 2.34. The topological polar surface area (TPSA) is 33.1 Å². The third-order valence-corrected chi connectivity index (χ3v) is 3.27. The van der Waals surface area contributed by atoms with Gasteiger partial charge < -0.3 is 5.11 Å². The molecule has 1 atom stereocenters. The molecule has 0 aliphatic rings. The van der Waals surface area contributed by atoms with Crippen molar-refractivity contribution in [2.45, 2.75) is 12.5 Å². The number of hydrogen-bond acceptors (Lipinski definition) is 2. The van der Waals surface area contributed by atoms with E-state index in [9.17, 15) is 9.50 Å². The van der Waals surface area contributed by atoms with Crippen LogP contribution in [0.15, 0.2) is 41.0 Å². The molecule has 1 aromatic carbocycles. The van der Waals surface area contributed by atoms with Gasteiger partial charge >= 0.3 is 0 Å². The van der Waals surface area contributed by atoms with Crippen molar-refractivity contribution >= 4 is 27.5 Å². The van der Waals surface area contributed by atoms with Gasteiger partial charge in [-0.15, -0.1) is 0 Å². The number of benzene rings is 1. The first-order chi connectivity index (χ1) is 8.56. The maximum absolute atomic E-state index is 13.5. The second-order valence-corrected chi connectivity index (χ2v) is 5.17. The van der Waals surface area contributed by atoms with Crippen LogP contribution in [0.2, 0.25) is 5.15 Å². The van der Waals surface area contributed by atoms with Crippen LogP contribution in [0.1, 0.15) is 17.2 Å². The fourth-order valence-corrected chi connectivity index (χ4v) is 2.13. The van der Waals surface area contributed by atoms with E-state index in [4.69, 9.17) is 11.6 Å². The molecule has 94 valence electrons. The van der Waals surface area contributed by atoms with E-state index in [1.54, 1.807) is 24.3 Å². The number of hydrogen-bond donors (Lipinski definition) is 1. The molecule has 0 radical (unpaired) electrons. The van der Waals surface area contributed by atoms with Crippen molar-refractivity contribution in [2.75, 3.05) is 0 Å². The van der Waals surface area contributed by atoms with E-state index >= 15 is 0 Å². The molecule has 1 heterocycles. The van der Waals surface area contributed by atoms with E-state index in [1.165, 1.54) is 12.3 Å². The lowest BCUT2D eigenvalue weighted by atomic mass is 10.0. The van der Waals surface area contributed by atoms with E-state index in [2.05, 4.69) is 20.9 Å². The summed E-state index contributed by atoms with van der Waals surface area (Å²) < 4.78 is 14.3. The van der Waals surface area contributed by atoms with Crippen LogP contribution in [0.5, 0.6) is 0 Å². The molecule has 1 aromatic heterocycles. The molecule has 0 saturated carbocycles. The number of aliphatic hydroxyl groups is 1. The molecule has 5 heteroatoms. The van der Waals surface area contributed by atoms with Crippen LogP contribution >= 0.6 is 27.5 Å². The van der Waals surface area contributed by atoms with Gasteiger partial charge in [-0.25, -0.2) is 9.37 Å². The van der Waals surface area contributed by atoms with Gasteiger partial charge in [0.1, 0.15) is 11.0 Å². The van der Waals surface area contributed by atoms with Crippen molar-refractivity contribution in [3.63, 3.8) is 0 Å². The largest absolute Gasteiger partial charge is 0.388 e. The van der Waals surface area contributed by atoms with Crippen LogP contribution in [-0.2, 0) is 6.42 Å². The minimum atomic E-state index is -0.807. The second kappa shape index (κ2) is 5.78. The summed E-state index contributed by atoms with van der Waals surface area (Å²) in [6, 6.07) is 7.91. The third-order valence-electron chi connectivity index (χ3n) is 2.56. The van der Waals surface area contributed by atoms with Gasteiger partial charge in [0, 0.05) is 17.1 Å². The molecule has 2 rings (SSSR count). The summed E-state index contributed by atoms with van der Waals surface area (Å²) in [6.07, 6.45) is 0.871. The van der Waals surface area contributed by atoms with Crippen LogP contribution in [0.3, 0.4) is 0 Å². The molecule has 0 saturated heterocycles. The fraction of sp³-hybridized carbons (Fsp3) is 0.154. The summed E-state index contributed by atoms with van der Waals surface area (Å²) in [4.78, 5) is 3.88. The Morgan fingerprint density at radius 2 is 2.11 bits per heavy atom. The molecule has 2 nitrogen and oxygen atoms in total. The minimum Gasteiger partial charge on any atom is -0.388 e. The van der Waals surface area contributed by atoms with Crippen molar-refractivity contribution in [2.24, 2.45) is 0 Å². The van der Waals surface area contributed by atoms with E-state index in [0.717, 1.165) is 4.47 Å². The Morgan fingerprint density at radius 1 is 1.33 bits per heavy atom. The highest BCUT2D eigenvalue weighted by molar-refractivity contribution is 9.10. The molecule has 1 unspecified atom stereocenters. The number of aliphatic hydroxyl groups excluding tert-OH is 1. The number of aromatic nitrogens is 1. The van der Waals surface area contributed by atoms with Crippen LogP contribution in [-0.4, -0.2) is 10.1 Å². The van der Waals surface area contributed by atoms with Crippen molar-refractivity contribution in [3.05, 3.63) is 63.1 Å². The van der Waals surface area contributed by atoms with E-state index in [0.29, 0.717) is 16.3 Å². The molecule has 1 N–H and O–H groups in total. The molecule has 0 aliphatic carbocycles. The zero-order chi connectivity index (χ0) is 13.1. The maximum atomic E-state index is 13.5. The summed E-state index contributed by atoms with van der Waals surface area (Å²) >= 11 is 8.94. The van der Waals surface area contributed by atoms with E-state index in [1.807, 2.05) is 0 Å². The van der Waals surface area contributed by atoms with Gasteiger partial charge in [0.2, 0.25) is 0 Å². The Bertz CT molecular complexity index is 547. The summed E-state index contributed by atoms with van der Waals surface area (Å²) in [7, 11) is 0. The van der Waals surface area contributed by atoms with Gasteiger partial charge in [0.05, 0.1) is 6.10 Å². The Balaban J connectivity index is 2.18. The number of nitrogens with zero attached hydrogens (tertiary/aromatic N) is 1. The van der Waals surface area contributed by atoms with Gasteiger partial charge in [-0.2, -0.15) is 0 Å². The number of halogens is 3. The van der Waals surface area contributed by atoms with Crippen LogP contribution in [0, 0.1) is 5.82 Å². The fourth-order valence-electron chi connectivity index (χ4n) is 1.61. The molecular formula is C13H10BrClFNO. The lowest BCUT2D eigenvalue weighted by molar-refractivity contribution is 0.176. The van der Waals surface area contributed by atoms with E-state index < -0.39 is 6.10 Å². The normalized spacial score (nSPS) is 12.4. The molecule has 18 heavy (non-hydrogen) atoms. The average molecular weight is 331 g/mol. The zero-order valence-corrected chi connectivity index (χ0v) is 11.6. The molecule has 0 bridgehead atoms. The van der Waals surface area contributed by atoms with Gasteiger partial charge in [-0.05, 0) is 35.4 Å². The first-order valence-electron chi connectivity index (χ1n) is 5.29. The SMILES string of the molecule is OC(Cc1cc(Br)ccc1F)c1ccc(Cl)nc1.